The molecule has 0 radical (unpaired) electrons. The molecular formula is C6H11O2+. The van der Waals surface area contributed by atoms with Crippen molar-refractivity contribution in [3.05, 3.63) is 12.7 Å². The Hall–Kier alpha value is -0.430. The van der Waals surface area contributed by atoms with Crippen LogP contribution in [0.4, 0.5) is 0 Å². The zero-order valence-electron chi connectivity index (χ0n) is 5.09. The summed E-state index contributed by atoms with van der Waals surface area (Å²) < 4.78 is 9.63. The van der Waals surface area contributed by atoms with Crippen LogP contribution >= 0.6 is 0 Å². The van der Waals surface area contributed by atoms with Crippen LogP contribution in [0.3, 0.4) is 0 Å². The topological polar surface area (TPSA) is 18.5 Å². The van der Waals surface area contributed by atoms with Gasteiger partial charge in [0, 0.05) is 7.11 Å². The van der Waals surface area contributed by atoms with Crippen LogP contribution in [0.25, 0.3) is 0 Å². The number of ether oxygens (including phenoxy) is 2. The summed E-state index contributed by atoms with van der Waals surface area (Å²) in [5.41, 5.74) is 0. The van der Waals surface area contributed by atoms with Gasteiger partial charge in [-0.05, 0) is 0 Å². The lowest BCUT2D eigenvalue weighted by Gasteiger charge is -1.95. The van der Waals surface area contributed by atoms with Crippen molar-refractivity contribution in [1.29, 1.82) is 0 Å². The van der Waals surface area contributed by atoms with E-state index in [1.807, 2.05) is 0 Å². The number of methoxy groups -OCH3 is 1. The molecule has 0 aromatic heterocycles. The average molecular weight is 115 g/mol. The van der Waals surface area contributed by atoms with Crippen molar-refractivity contribution in [2.75, 3.05) is 26.9 Å². The molecule has 0 spiro atoms. The van der Waals surface area contributed by atoms with E-state index in [9.17, 15) is 0 Å². The van der Waals surface area contributed by atoms with E-state index in [1.165, 1.54) is 6.08 Å². The Bertz CT molecular complexity index is 52.5. The minimum atomic E-state index is 0.503. The molecule has 0 aliphatic heterocycles. The van der Waals surface area contributed by atoms with Crippen molar-refractivity contribution < 1.29 is 9.47 Å². The summed E-state index contributed by atoms with van der Waals surface area (Å²) in [5, 5.41) is 0. The van der Waals surface area contributed by atoms with Gasteiger partial charge in [0.1, 0.15) is 6.61 Å². The second kappa shape index (κ2) is 6.57. The second-order valence-electron chi connectivity index (χ2n) is 1.30. The van der Waals surface area contributed by atoms with Crippen molar-refractivity contribution in [3.63, 3.8) is 0 Å². The smallest absolute Gasteiger partial charge is 0.204 e. The van der Waals surface area contributed by atoms with Gasteiger partial charge in [0.25, 0.3) is 0 Å². The highest BCUT2D eigenvalue weighted by atomic mass is 16.5. The van der Waals surface area contributed by atoms with Gasteiger partial charge in [-0.3, -0.25) is 0 Å². The Morgan fingerprint density at radius 3 is 2.75 bits per heavy atom. The fraction of sp³-hybridized carbons (Fsp3) is 0.667. The molecule has 0 aliphatic rings. The maximum absolute atomic E-state index is 5.02. The minimum absolute atomic E-state index is 0.503. The van der Waals surface area contributed by atoms with Gasteiger partial charge in [-0.1, -0.05) is 0 Å². The van der Waals surface area contributed by atoms with E-state index < -0.39 is 0 Å². The van der Waals surface area contributed by atoms with Gasteiger partial charge in [0.05, 0.1) is 13.2 Å². The molecule has 0 fully saturated rings. The van der Waals surface area contributed by atoms with Crippen molar-refractivity contribution >= 4 is 0 Å². The summed E-state index contributed by atoms with van der Waals surface area (Å²) in [6.45, 7) is 6.77. The van der Waals surface area contributed by atoms with Crippen LogP contribution in [0.5, 0.6) is 0 Å². The molecule has 0 saturated heterocycles. The Morgan fingerprint density at radius 2 is 2.25 bits per heavy atom. The van der Waals surface area contributed by atoms with Crippen molar-refractivity contribution in [3.8, 4) is 0 Å². The van der Waals surface area contributed by atoms with Crippen LogP contribution in [0, 0.1) is 6.58 Å². The second-order valence-corrected chi connectivity index (χ2v) is 1.30. The molecule has 8 heavy (non-hydrogen) atoms. The van der Waals surface area contributed by atoms with Crippen LogP contribution in [-0.2, 0) is 9.47 Å². The molecule has 2 heteroatoms. The fourth-order valence-electron chi connectivity index (χ4n) is 0.294. The maximum Gasteiger partial charge on any atom is 0.204 e. The van der Waals surface area contributed by atoms with E-state index in [4.69, 9.17) is 16.1 Å². The first-order valence-electron chi connectivity index (χ1n) is 2.52. The van der Waals surface area contributed by atoms with Gasteiger partial charge < -0.3 is 9.47 Å². The highest BCUT2D eigenvalue weighted by molar-refractivity contribution is 4.58. The molecule has 46 valence electrons. The molecule has 0 N–H and O–H groups in total. The van der Waals surface area contributed by atoms with Crippen molar-refractivity contribution in [1.82, 2.24) is 0 Å². The third-order valence-electron chi connectivity index (χ3n) is 0.646. The van der Waals surface area contributed by atoms with Crippen molar-refractivity contribution in [2.24, 2.45) is 0 Å². The minimum Gasteiger partial charge on any atom is -0.382 e. The number of hydrogen-bond acceptors (Lipinski definition) is 2. The van der Waals surface area contributed by atoms with Crippen LogP contribution in [-0.4, -0.2) is 26.9 Å². The van der Waals surface area contributed by atoms with Crippen LogP contribution in [0.1, 0.15) is 0 Å². The molecular weight excluding hydrogens is 104 g/mol. The molecule has 0 aromatic rings. The van der Waals surface area contributed by atoms with E-state index in [2.05, 4.69) is 0 Å². The summed E-state index contributed by atoms with van der Waals surface area (Å²) in [6, 6.07) is 0. The highest BCUT2D eigenvalue weighted by Gasteiger charge is 1.82. The van der Waals surface area contributed by atoms with E-state index in [-0.39, 0.29) is 0 Å². The molecule has 0 aliphatic carbocycles. The van der Waals surface area contributed by atoms with Crippen LogP contribution in [0.2, 0.25) is 0 Å². The summed E-state index contributed by atoms with van der Waals surface area (Å²) in [4.78, 5) is 0. The molecule has 0 unspecified atom stereocenters. The quantitative estimate of drug-likeness (QED) is 0.386. The fourth-order valence-corrected chi connectivity index (χ4v) is 0.294. The number of rotatable bonds is 5. The Labute approximate surface area is 50.1 Å². The normalized spacial score (nSPS) is 9.00. The predicted octanol–water partition coefficient (Wildman–Crippen LogP) is 0.639. The average Bonchev–Trinajstić information content (AvgIpc) is 1.81. The summed E-state index contributed by atoms with van der Waals surface area (Å²) in [6.07, 6.45) is 1.47. The third kappa shape index (κ3) is 5.57. The van der Waals surface area contributed by atoms with E-state index in [1.54, 1.807) is 7.11 Å². The molecule has 0 bridgehead atoms. The SMILES string of the molecule is [CH+]=CCOCCOC. The van der Waals surface area contributed by atoms with Gasteiger partial charge in [-0.15, -0.1) is 0 Å². The zero-order chi connectivity index (χ0) is 6.24. The highest BCUT2D eigenvalue weighted by Crippen LogP contribution is 1.74. The third-order valence-corrected chi connectivity index (χ3v) is 0.646. The molecule has 0 rings (SSSR count). The molecule has 0 amide bonds. The van der Waals surface area contributed by atoms with Crippen LogP contribution < -0.4 is 0 Å². The first kappa shape index (κ1) is 7.57. The standard InChI is InChI=1S/C6H11O2/c1-3-4-8-6-5-7-2/h1,3H,4-6H2,2H3/q+1. The Morgan fingerprint density at radius 1 is 1.50 bits per heavy atom. The lowest BCUT2D eigenvalue weighted by atomic mass is 10.7. The molecule has 0 atom stereocenters. The van der Waals surface area contributed by atoms with Gasteiger partial charge in [-0.25, -0.2) is 0 Å². The zero-order valence-corrected chi connectivity index (χ0v) is 5.09. The molecule has 0 saturated carbocycles. The molecule has 0 aromatic carbocycles. The van der Waals surface area contributed by atoms with Gasteiger partial charge in [0.15, 0.2) is 6.08 Å². The van der Waals surface area contributed by atoms with E-state index in [0.717, 1.165) is 0 Å². The van der Waals surface area contributed by atoms with Gasteiger partial charge in [-0.2, -0.15) is 0 Å². The summed E-state index contributed by atoms with van der Waals surface area (Å²) in [7, 11) is 1.63. The molecule has 0 heterocycles. The lowest BCUT2D eigenvalue weighted by molar-refractivity contribution is 0.0853. The summed E-state index contributed by atoms with van der Waals surface area (Å²) >= 11 is 0. The van der Waals surface area contributed by atoms with Gasteiger partial charge in [0.2, 0.25) is 6.58 Å². The van der Waals surface area contributed by atoms with E-state index in [0.29, 0.717) is 19.8 Å². The summed E-state index contributed by atoms with van der Waals surface area (Å²) in [5.74, 6) is 0. The first-order valence-corrected chi connectivity index (χ1v) is 2.52. The number of hydrogen-bond donors (Lipinski definition) is 0. The first-order chi connectivity index (χ1) is 3.91. The monoisotopic (exact) mass is 115 g/mol. The predicted molar refractivity (Wildman–Crippen MR) is 31.6 cm³/mol. The molecule has 2 nitrogen and oxygen atoms in total. The van der Waals surface area contributed by atoms with E-state index >= 15 is 0 Å². The lowest BCUT2D eigenvalue weighted by Crippen LogP contribution is -2.00. The largest absolute Gasteiger partial charge is 0.382 e. The van der Waals surface area contributed by atoms with Crippen LogP contribution in [0.15, 0.2) is 6.08 Å². The Kier molecular flexibility index (Phi) is 6.22. The van der Waals surface area contributed by atoms with Crippen molar-refractivity contribution in [2.45, 2.75) is 0 Å². The Balaban J connectivity index is 2.62. The van der Waals surface area contributed by atoms with Gasteiger partial charge >= 0.3 is 0 Å². The maximum atomic E-state index is 5.02.